The summed E-state index contributed by atoms with van der Waals surface area (Å²) in [4.78, 5) is 31.7. The van der Waals surface area contributed by atoms with Gasteiger partial charge in [-0.1, -0.05) is 11.6 Å². The summed E-state index contributed by atoms with van der Waals surface area (Å²) in [5.41, 5.74) is 1.61. The molecule has 4 aromatic rings. The summed E-state index contributed by atoms with van der Waals surface area (Å²) in [5.74, 6) is -0.556. The molecule has 0 saturated carbocycles. The van der Waals surface area contributed by atoms with Crippen molar-refractivity contribution in [2.24, 2.45) is 0 Å². The first-order chi connectivity index (χ1) is 18.3. The van der Waals surface area contributed by atoms with E-state index in [0.29, 0.717) is 22.0 Å². The molecule has 1 aliphatic heterocycles. The predicted octanol–water partition coefficient (Wildman–Crippen LogP) is 0.432. The Hall–Kier alpha value is -4.04. The summed E-state index contributed by atoms with van der Waals surface area (Å²) in [6.07, 6.45) is 3.64. The number of anilines is 1. The summed E-state index contributed by atoms with van der Waals surface area (Å²) < 4.78 is 8.25. The molecule has 198 valence electrons. The number of aliphatic hydroxyl groups excluding tert-OH is 3. The average molecular weight is 542 g/mol. The third kappa shape index (κ3) is 4.67. The van der Waals surface area contributed by atoms with Crippen LogP contribution < -0.4 is 10.1 Å². The number of β-amino-alcohol motifs (C(OH)–C–C–N with tert-alkyl or cyclic N) is 1. The Labute approximate surface area is 220 Å². The van der Waals surface area contributed by atoms with Crippen LogP contribution in [0.4, 0.5) is 5.69 Å². The Balaban J connectivity index is 1.50. The van der Waals surface area contributed by atoms with Crippen molar-refractivity contribution in [3.05, 3.63) is 59.6 Å². The Morgan fingerprint density at radius 1 is 1.29 bits per heavy atom. The molecule has 1 aliphatic rings. The molecule has 14 heteroatoms. The van der Waals surface area contributed by atoms with E-state index in [1.807, 2.05) is 0 Å². The molecule has 5 rings (SSSR count). The third-order valence-electron chi connectivity index (χ3n) is 6.33. The maximum Gasteiger partial charge on any atom is 0.261 e. The summed E-state index contributed by atoms with van der Waals surface area (Å²) in [7, 11) is 1.48. The SMILES string of the molecule is COc1ccc(Cl)cc1-c1nn(CC(=O)N2CC(O)C(O)C2CO)cc1NC(=O)c1cnn2cccnc12. The number of methoxy groups -OCH3 is 1. The molecule has 2 amide bonds. The van der Waals surface area contributed by atoms with E-state index in [1.165, 1.54) is 33.6 Å². The predicted molar refractivity (Wildman–Crippen MR) is 135 cm³/mol. The number of carbonyl (C=O) groups excluding carboxylic acids is 2. The number of nitrogens with zero attached hydrogens (tertiary/aromatic N) is 6. The zero-order valence-electron chi connectivity index (χ0n) is 20.1. The number of benzene rings is 1. The Morgan fingerprint density at radius 3 is 2.87 bits per heavy atom. The Morgan fingerprint density at radius 2 is 2.11 bits per heavy atom. The lowest BCUT2D eigenvalue weighted by Gasteiger charge is -2.23. The van der Waals surface area contributed by atoms with Crippen molar-refractivity contribution in [2.75, 3.05) is 25.6 Å². The Kier molecular flexibility index (Phi) is 6.99. The van der Waals surface area contributed by atoms with Gasteiger partial charge in [0.1, 0.15) is 29.7 Å². The number of likely N-dealkylation sites (tertiary alicyclic amines) is 1. The lowest BCUT2D eigenvalue weighted by atomic mass is 10.1. The van der Waals surface area contributed by atoms with Gasteiger partial charge >= 0.3 is 0 Å². The van der Waals surface area contributed by atoms with Crippen LogP contribution in [0.5, 0.6) is 5.75 Å². The van der Waals surface area contributed by atoms with Gasteiger partial charge in [-0.05, 0) is 24.3 Å². The van der Waals surface area contributed by atoms with E-state index in [9.17, 15) is 24.9 Å². The second-order valence-corrected chi connectivity index (χ2v) is 9.12. The number of rotatable bonds is 7. The van der Waals surface area contributed by atoms with Gasteiger partial charge in [0, 0.05) is 35.7 Å². The second-order valence-electron chi connectivity index (χ2n) is 8.69. The van der Waals surface area contributed by atoms with Crippen LogP contribution in [0, 0.1) is 0 Å². The first-order valence-electron chi connectivity index (χ1n) is 11.6. The van der Waals surface area contributed by atoms with Crippen molar-refractivity contribution in [1.29, 1.82) is 0 Å². The first-order valence-corrected chi connectivity index (χ1v) is 12.0. The molecule has 0 bridgehead atoms. The number of amides is 2. The van der Waals surface area contributed by atoms with Crippen molar-refractivity contribution >= 4 is 34.7 Å². The van der Waals surface area contributed by atoms with Gasteiger partial charge in [0.15, 0.2) is 5.65 Å². The molecule has 3 atom stereocenters. The van der Waals surface area contributed by atoms with Crippen molar-refractivity contribution in [2.45, 2.75) is 24.8 Å². The maximum atomic E-state index is 13.2. The van der Waals surface area contributed by atoms with Crippen LogP contribution in [-0.4, -0.2) is 94.9 Å². The number of aromatic nitrogens is 5. The van der Waals surface area contributed by atoms with Crippen LogP contribution in [0.15, 0.2) is 49.1 Å². The Bertz CT molecular complexity index is 1500. The van der Waals surface area contributed by atoms with Crippen LogP contribution in [0.3, 0.4) is 0 Å². The lowest BCUT2D eigenvalue weighted by molar-refractivity contribution is -0.134. The molecule has 13 nitrogen and oxygen atoms in total. The minimum Gasteiger partial charge on any atom is -0.496 e. The number of fused-ring (bicyclic) bond motifs is 1. The summed E-state index contributed by atoms with van der Waals surface area (Å²) in [6, 6.07) is 5.67. The van der Waals surface area contributed by atoms with Gasteiger partial charge in [-0.2, -0.15) is 10.2 Å². The van der Waals surface area contributed by atoms with Crippen molar-refractivity contribution in [1.82, 2.24) is 29.3 Å². The van der Waals surface area contributed by atoms with E-state index in [2.05, 4.69) is 20.5 Å². The highest BCUT2D eigenvalue weighted by molar-refractivity contribution is 6.31. The van der Waals surface area contributed by atoms with Gasteiger partial charge in [0.25, 0.3) is 5.91 Å². The van der Waals surface area contributed by atoms with Gasteiger partial charge in [0.2, 0.25) is 5.91 Å². The van der Waals surface area contributed by atoms with Crippen LogP contribution in [0.25, 0.3) is 16.9 Å². The molecule has 0 spiro atoms. The zero-order chi connectivity index (χ0) is 27.0. The van der Waals surface area contributed by atoms with Gasteiger partial charge < -0.3 is 30.3 Å². The number of hydrogen-bond acceptors (Lipinski definition) is 9. The van der Waals surface area contributed by atoms with Gasteiger partial charge in [-0.15, -0.1) is 0 Å². The molecular weight excluding hydrogens is 518 g/mol. The summed E-state index contributed by atoms with van der Waals surface area (Å²) >= 11 is 6.24. The smallest absolute Gasteiger partial charge is 0.261 e. The fourth-order valence-corrected chi connectivity index (χ4v) is 4.62. The quantitative estimate of drug-likeness (QED) is 0.259. The monoisotopic (exact) mass is 541 g/mol. The van der Waals surface area contributed by atoms with E-state index in [-0.39, 0.29) is 30.0 Å². The second kappa shape index (κ2) is 10.4. The molecule has 3 aromatic heterocycles. The minimum absolute atomic E-state index is 0.132. The van der Waals surface area contributed by atoms with E-state index >= 15 is 0 Å². The fraction of sp³-hybridized carbons (Fsp3) is 0.292. The first kappa shape index (κ1) is 25.6. The third-order valence-corrected chi connectivity index (χ3v) is 6.56. The van der Waals surface area contributed by atoms with Gasteiger partial charge in [0.05, 0.1) is 37.7 Å². The summed E-state index contributed by atoms with van der Waals surface area (Å²) in [5, 5.41) is 41.5. The topological polar surface area (TPSA) is 167 Å². The number of nitrogens with one attached hydrogen (secondary N) is 1. The van der Waals surface area contributed by atoms with E-state index in [0.717, 1.165) is 0 Å². The van der Waals surface area contributed by atoms with Crippen molar-refractivity contribution < 1.29 is 29.6 Å². The molecule has 38 heavy (non-hydrogen) atoms. The minimum atomic E-state index is -1.26. The average Bonchev–Trinajstić information content (AvgIpc) is 3.59. The number of aliphatic hydroxyl groups is 3. The van der Waals surface area contributed by atoms with Crippen LogP contribution in [-0.2, 0) is 11.3 Å². The van der Waals surface area contributed by atoms with E-state index in [4.69, 9.17) is 16.3 Å². The number of ether oxygens (including phenoxy) is 1. The van der Waals surface area contributed by atoms with Crippen molar-refractivity contribution in [3.63, 3.8) is 0 Å². The van der Waals surface area contributed by atoms with Gasteiger partial charge in [-0.3, -0.25) is 14.3 Å². The summed E-state index contributed by atoms with van der Waals surface area (Å²) in [6.45, 7) is -0.935. The van der Waals surface area contributed by atoms with E-state index in [1.54, 1.807) is 36.7 Å². The fourth-order valence-electron chi connectivity index (χ4n) is 4.44. The molecule has 0 aliphatic carbocycles. The molecule has 4 N–H and O–H groups in total. The highest BCUT2D eigenvalue weighted by atomic mass is 35.5. The lowest BCUT2D eigenvalue weighted by Crippen LogP contribution is -2.43. The number of hydrogen-bond donors (Lipinski definition) is 4. The van der Waals surface area contributed by atoms with E-state index < -0.39 is 36.7 Å². The molecule has 0 radical (unpaired) electrons. The molecule has 4 heterocycles. The highest BCUT2D eigenvalue weighted by Gasteiger charge is 2.41. The van der Waals surface area contributed by atoms with Crippen molar-refractivity contribution in [3.8, 4) is 17.0 Å². The van der Waals surface area contributed by atoms with Crippen LogP contribution in [0.1, 0.15) is 10.4 Å². The van der Waals surface area contributed by atoms with Crippen LogP contribution in [0.2, 0.25) is 5.02 Å². The molecule has 1 aromatic carbocycles. The largest absolute Gasteiger partial charge is 0.496 e. The molecule has 3 unspecified atom stereocenters. The molecule has 1 fully saturated rings. The van der Waals surface area contributed by atoms with Gasteiger partial charge in [-0.25, -0.2) is 9.50 Å². The highest BCUT2D eigenvalue weighted by Crippen LogP contribution is 2.36. The standard InChI is InChI=1S/C24H24ClN7O6/c1-38-19-4-3-13(25)7-14(19)21-16(28-24(37)15-8-27-32-6-2-5-26-23(15)32)9-30(29-21)11-20(35)31-10-18(34)22(36)17(31)12-33/h2-9,17-18,22,33-34,36H,10-12H2,1H3,(H,28,37). The maximum absolute atomic E-state index is 13.2. The molecular formula is C24H24ClN7O6. The number of halogens is 1. The van der Waals surface area contributed by atoms with Crippen LogP contribution >= 0.6 is 11.6 Å². The number of carbonyl (C=O) groups is 2. The zero-order valence-corrected chi connectivity index (χ0v) is 20.9. The normalized spacial score (nSPS) is 19.2. The molecule has 1 saturated heterocycles.